The summed E-state index contributed by atoms with van der Waals surface area (Å²) in [6.45, 7) is 3.86. The van der Waals surface area contributed by atoms with Crippen LogP contribution in [-0.4, -0.2) is 23.9 Å². The van der Waals surface area contributed by atoms with E-state index in [1.54, 1.807) is 12.1 Å². The summed E-state index contributed by atoms with van der Waals surface area (Å²) < 4.78 is 0.885. The van der Waals surface area contributed by atoms with Crippen LogP contribution in [0.5, 0.6) is 0 Å². The van der Waals surface area contributed by atoms with Crippen molar-refractivity contribution in [3.63, 3.8) is 0 Å². The molecular weight excluding hydrogens is 302 g/mol. The molecule has 0 aromatic heterocycles. The lowest BCUT2D eigenvalue weighted by Crippen LogP contribution is -2.39. The van der Waals surface area contributed by atoms with Gasteiger partial charge in [-0.05, 0) is 37.0 Å². The molecule has 0 radical (unpaired) electrons. The van der Waals surface area contributed by atoms with E-state index >= 15 is 0 Å². The van der Waals surface area contributed by atoms with Crippen LogP contribution in [0.2, 0.25) is 5.02 Å². The van der Waals surface area contributed by atoms with E-state index in [4.69, 9.17) is 11.6 Å². The minimum atomic E-state index is 0.0443. The van der Waals surface area contributed by atoms with Crippen LogP contribution in [0.15, 0.2) is 22.7 Å². The third kappa shape index (κ3) is 3.02. The average molecular weight is 317 g/mol. The highest BCUT2D eigenvalue weighted by Gasteiger charge is 2.23. The summed E-state index contributed by atoms with van der Waals surface area (Å²) in [6, 6.07) is 5.40. The van der Waals surface area contributed by atoms with Crippen molar-refractivity contribution in [3.8, 4) is 0 Å². The Hall–Kier alpha value is -0.540. The molecule has 0 spiro atoms. The highest BCUT2D eigenvalue weighted by atomic mass is 79.9. The SMILES string of the molecule is C[C@H]1CCCN(C(=O)c2cc(Br)ccc2Cl)C1. The number of carbonyl (C=O) groups excluding carboxylic acids is 1. The molecule has 1 aromatic carbocycles. The van der Waals surface area contributed by atoms with Gasteiger partial charge in [-0.25, -0.2) is 0 Å². The molecule has 0 aliphatic carbocycles. The topological polar surface area (TPSA) is 20.3 Å². The van der Waals surface area contributed by atoms with E-state index in [0.29, 0.717) is 16.5 Å². The Balaban J connectivity index is 2.21. The van der Waals surface area contributed by atoms with Gasteiger partial charge in [-0.1, -0.05) is 34.5 Å². The van der Waals surface area contributed by atoms with Gasteiger partial charge in [0, 0.05) is 17.6 Å². The standard InChI is InChI=1S/C13H15BrClNO/c1-9-3-2-6-16(8-9)13(17)11-7-10(14)4-5-12(11)15/h4-5,7,9H,2-3,6,8H2,1H3/t9-/m0/s1. The first-order valence-electron chi connectivity index (χ1n) is 5.82. The lowest BCUT2D eigenvalue weighted by molar-refractivity contribution is 0.0683. The zero-order valence-corrected chi connectivity index (χ0v) is 12.1. The molecule has 1 heterocycles. The second-order valence-electron chi connectivity index (χ2n) is 4.62. The second-order valence-corrected chi connectivity index (χ2v) is 5.95. The fourth-order valence-corrected chi connectivity index (χ4v) is 2.77. The Bertz CT molecular complexity index is 435. The molecule has 4 heteroatoms. The molecule has 1 amide bonds. The molecule has 92 valence electrons. The van der Waals surface area contributed by atoms with Crippen LogP contribution in [0.3, 0.4) is 0 Å². The number of nitrogens with zero attached hydrogens (tertiary/aromatic N) is 1. The highest BCUT2D eigenvalue weighted by molar-refractivity contribution is 9.10. The summed E-state index contributed by atoms with van der Waals surface area (Å²) in [6.07, 6.45) is 2.29. The molecule has 1 atom stereocenters. The molecule has 1 aromatic rings. The fraction of sp³-hybridized carbons (Fsp3) is 0.462. The molecule has 17 heavy (non-hydrogen) atoms. The lowest BCUT2D eigenvalue weighted by atomic mass is 9.99. The Kier molecular flexibility index (Phi) is 4.10. The Morgan fingerprint density at radius 3 is 3.00 bits per heavy atom. The molecule has 1 saturated heterocycles. The first kappa shape index (κ1) is 12.9. The third-order valence-electron chi connectivity index (χ3n) is 3.10. The molecule has 1 fully saturated rings. The van der Waals surface area contributed by atoms with Gasteiger partial charge >= 0.3 is 0 Å². The monoisotopic (exact) mass is 315 g/mol. The molecule has 1 aliphatic rings. The van der Waals surface area contributed by atoms with Crippen LogP contribution in [0, 0.1) is 5.92 Å². The van der Waals surface area contributed by atoms with Crippen molar-refractivity contribution in [3.05, 3.63) is 33.3 Å². The normalized spacial score (nSPS) is 20.4. The zero-order valence-electron chi connectivity index (χ0n) is 9.75. The zero-order chi connectivity index (χ0) is 12.4. The van der Waals surface area contributed by atoms with Crippen molar-refractivity contribution in [2.24, 2.45) is 5.92 Å². The molecule has 0 saturated carbocycles. The van der Waals surface area contributed by atoms with E-state index in [0.717, 1.165) is 24.0 Å². The molecule has 1 aliphatic heterocycles. The van der Waals surface area contributed by atoms with Gasteiger partial charge in [-0.15, -0.1) is 0 Å². The molecule has 2 rings (SSSR count). The Labute approximate surface area is 115 Å². The minimum absolute atomic E-state index is 0.0443. The quantitative estimate of drug-likeness (QED) is 0.767. The van der Waals surface area contributed by atoms with Crippen LogP contribution < -0.4 is 0 Å². The summed E-state index contributed by atoms with van der Waals surface area (Å²) in [5, 5.41) is 0.524. The maximum absolute atomic E-state index is 12.3. The van der Waals surface area contributed by atoms with E-state index in [1.165, 1.54) is 6.42 Å². The van der Waals surface area contributed by atoms with Gasteiger partial charge in [0.25, 0.3) is 5.91 Å². The van der Waals surface area contributed by atoms with Crippen LogP contribution in [0.1, 0.15) is 30.1 Å². The number of amides is 1. The average Bonchev–Trinajstić information content (AvgIpc) is 2.31. The van der Waals surface area contributed by atoms with Crippen molar-refractivity contribution in [1.29, 1.82) is 0 Å². The predicted molar refractivity (Wildman–Crippen MR) is 73.5 cm³/mol. The van der Waals surface area contributed by atoms with Gasteiger partial charge < -0.3 is 4.90 Å². The minimum Gasteiger partial charge on any atom is -0.338 e. The number of rotatable bonds is 1. The first-order chi connectivity index (χ1) is 8.08. The van der Waals surface area contributed by atoms with Crippen molar-refractivity contribution in [2.45, 2.75) is 19.8 Å². The van der Waals surface area contributed by atoms with Crippen molar-refractivity contribution in [2.75, 3.05) is 13.1 Å². The summed E-state index contributed by atoms with van der Waals surface area (Å²) in [7, 11) is 0. The van der Waals surface area contributed by atoms with Crippen LogP contribution in [-0.2, 0) is 0 Å². The Morgan fingerprint density at radius 1 is 1.53 bits per heavy atom. The molecule has 0 bridgehead atoms. The van der Waals surface area contributed by atoms with E-state index in [9.17, 15) is 4.79 Å². The number of hydrogen-bond donors (Lipinski definition) is 0. The summed E-state index contributed by atoms with van der Waals surface area (Å²) in [5.41, 5.74) is 0.593. The molecule has 0 unspecified atom stereocenters. The maximum atomic E-state index is 12.3. The van der Waals surface area contributed by atoms with Crippen LogP contribution >= 0.6 is 27.5 Å². The number of piperidine rings is 1. The Morgan fingerprint density at radius 2 is 2.29 bits per heavy atom. The van der Waals surface area contributed by atoms with Crippen LogP contribution in [0.4, 0.5) is 0 Å². The lowest BCUT2D eigenvalue weighted by Gasteiger charge is -2.31. The van der Waals surface area contributed by atoms with E-state index < -0.39 is 0 Å². The van der Waals surface area contributed by atoms with Crippen molar-refractivity contribution in [1.82, 2.24) is 4.90 Å². The molecule has 0 N–H and O–H groups in total. The van der Waals surface area contributed by atoms with Crippen molar-refractivity contribution < 1.29 is 4.79 Å². The number of carbonyl (C=O) groups is 1. The first-order valence-corrected chi connectivity index (χ1v) is 6.99. The van der Waals surface area contributed by atoms with E-state index in [2.05, 4.69) is 22.9 Å². The maximum Gasteiger partial charge on any atom is 0.255 e. The summed E-state index contributed by atoms with van der Waals surface area (Å²) >= 11 is 9.45. The second kappa shape index (κ2) is 5.40. The van der Waals surface area contributed by atoms with Gasteiger partial charge in [-0.2, -0.15) is 0 Å². The smallest absolute Gasteiger partial charge is 0.255 e. The number of benzene rings is 1. The van der Waals surface area contributed by atoms with E-state index in [-0.39, 0.29) is 5.91 Å². The van der Waals surface area contributed by atoms with E-state index in [1.807, 2.05) is 11.0 Å². The summed E-state index contributed by atoms with van der Waals surface area (Å²) in [4.78, 5) is 14.2. The fourth-order valence-electron chi connectivity index (χ4n) is 2.21. The summed E-state index contributed by atoms with van der Waals surface area (Å²) in [5.74, 6) is 0.626. The highest BCUT2D eigenvalue weighted by Crippen LogP contribution is 2.24. The van der Waals surface area contributed by atoms with Gasteiger partial charge in [0.05, 0.1) is 10.6 Å². The number of likely N-dealkylation sites (tertiary alicyclic amines) is 1. The van der Waals surface area contributed by atoms with Crippen molar-refractivity contribution >= 4 is 33.4 Å². The van der Waals surface area contributed by atoms with Gasteiger partial charge in [-0.3, -0.25) is 4.79 Å². The number of hydrogen-bond acceptors (Lipinski definition) is 1. The predicted octanol–water partition coefficient (Wildman–Crippen LogP) is 3.97. The molecular formula is C13H15BrClNO. The van der Waals surface area contributed by atoms with Gasteiger partial charge in [0.15, 0.2) is 0 Å². The number of halogens is 2. The largest absolute Gasteiger partial charge is 0.338 e. The van der Waals surface area contributed by atoms with Gasteiger partial charge in [0.2, 0.25) is 0 Å². The third-order valence-corrected chi connectivity index (χ3v) is 3.93. The van der Waals surface area contributed by atoms with Crippen LogP contribution in [0.25, 0.3) is 0 Å². The molecule has 2 nitrogen and oxygen atoms in total. The van der Waals surface area contributed by atoms with Gasteiger partial charge in [0.1, 0.15) is 0 Å².